The topological polar surface area (TPSA) is 24.8 Å². The van der Waals surface area contributed by atoms with Crippen LogP contribution in [-0.2, 0) is 0 Å². The number of ether oxygens (including phenoxy) is 1. The predicted octanol–water partition coefficient (Wildman–Crippen LogP) is 7.39. The second-order valence-corrected chi connectivity index (χ2v) is 8.79. The van der Waals surface area contributed by atoms with Crippen molar-refractivity contribution in [3.05, 3.63) is 112 Å². The molecule has 5 heteroatoms. The lowest BCUT2D eigenvalue weighted by molar-refractivity contribution is -0.0190. The Bertz CT molecular complexity index is 1330. The fourth-order valence-electron chi connectivity index (χ4n) is 4.45. The molecule has 2 heterocycles. The summed E-state index contributed by atoms with van der Waals surface area (Å²) in [5, 5.41) is 10.9. The van der Waals surface area contributed by atoms with Crippen LogP contribution in [0, 0.1) is 0 Å². The molecule has 4 aromatic rings. The minimum atomic E-state index is -0.325. The highest BCUT2D eigenvalue weighted by atomic mass is 35.5. The van der Waals surface area contributed by atoms with Crippen LogP contribution < -0.4 is 4.74 Å². The van der Waals surface area contributed by atoms with Crippen molar-refractivity contribution < 1.29 is 4.74 Å². The summed E-state index contributed by atoms with van der Waals surface area (Å²) in [6, 6.07) is 28.5. The molecule has 0 N–H and O–H groups in total. The minimum absolute atomic E-state index is 0.0598. The molecular weight excluding hydrogens is 427 g/mol. The predicted molar refractivity (Wildman–Crippen MR) is 126 cm³/mol. The van der Waals surface area contributed by atoms with E-state index in [9.17, 15) is 0 Å². The SMILES string of the molecule is Clc1ccc([C@@H]2Oc3ccc(Cl)cc3[C@@H]3CC(c4ccc5ccccc5c4)=NN32)cc1. The Morgan fingerprint density at radius 1 is 0.806 bits per heavy atom. The smallest absolute Gasteiger partial charge is 0.213 e. The third-order valence-corrected chi connectivity index (χ3v) is 6.48. The molecular formula is C26H18Cl2N2O. The lowest BCUT2D eigenvalue weighted by Crippen LogP contribution is -2.33. The molecule has 4 aromatic carbocycles. The molecule has 0 aliphatic carbocycles. The Hall–Kier alpha value is -3.01. The number of halogens is 2. The number of hydrazone groups is 1. The third kappa shape index (κ3) is 3.25. The van der Waals surface area contributed by atoms with Gasteiger partial charge in [0.15, 0.2) is 0 Å². The van der Waals surface area contributed by atoms with Gasteiger partial charge in [-0.05, 0) is 52.7 Å². The molecule has 0 bridgehead atoms. The van der Waals surface area contributed by atoms with Gasteiger partial charge in [-0.15, -0.1) is 0 Å². The Morgan fingerprint density at radius 2 is 1.58 bits per heavy atom. The molecule has 0 unspecified atom stereocenters. The first-order chi connectivity index (χ1) is 15.2. The van der Waals surface area contributed by atoms with Crippen LogP contribution in [0.5, 0.6) is 5.75 Å². The zero-order valence-corrected chi connectivity index (χ0v) is 18.0. The largest absolute Gasteiger partial charge is 0.464 e. The van der Waals surface area contributed by atoms with Crippen molar-refractivity contribution in [3.8, 4) is 5.75 Å². The molecule has 2 aliphatic rings. The highest BCUT2D eigenvalue weighted by Gasteiger charge is 2.41. The van der Waals surface area contributed by atoms with Gasteiger partial charge in [-0.3, -0.25) is 0 Å². The standard InChI is InChI=1S/C26H18Cl2N2O/c27-20-9-7-17(8-10-20)26-30-24(22-14-21(28)11-12-25(22)31-26)15-23(29-30)19-6-5-16-3-1-2-4-18(16)13-19/h1-14,24,26H,15H2/t24-,26-/m0/s1. The van der Waals surface area contributed by atoms with Crippen LogP contribution in [0.25, 0.3) is 10.8 Å². The highest BCUT2D eigenvalue weighted by Crippen LogP contribution is 2.48. The minimum Gasteiger partial charge on any atom is -0.464 e. The number of benzene rings is 4. The third-order valence-electron chi connectivity index (χ3n) is 5.99. The van der Waals surface area contributed by atoms with Crippen LogP contribution in [0.3, 0.4) is 0 Å². The van der Waals surface area contributed by atoms with E-state index < -0.39 is 0 Å². The monoisotopic (exact) mass is 444 g/mol. The molecule has 0 amide bonds. The first-order valence-corrected chi connectivity index (χ1v) is 11.0. The summed E-state index contributed by atoms with van der Waals surface area (Å²) in [6.45, 7) is 0. The van der Waals surface area contributed by atoms with Gasteiger partial charge in [-0.2, -0.15) is 5.10 Å². The fourth-order valence-corrected chi connectivity index (χ4v) is 4.76. The van der Waals surface area contributed by atoms with Crippen LogP contribution in [0.1, 0.15) is 35.4 Å². The van der Waals surface area contributed by atoms with Crippen molar-refractivity contribution in [2.75, 3.05) is 0 Å². The molecule has 0 saturated heterocycles. The lowest BCUT2D eigenvalue weighted by atomic mass is 9.95. The van der Waals surface area contributed by atoms with E-state index in [1.807, 2.05) is 42.5 Å². The first-order valence-electron chi connectivity index (χ1n) is 10.2. The molecule has 0 radical (unpaired) electrons. The molecule has 0 saturated carbocycles. The van der Waals surface area contributed by atoms with E-state index >= 15 is 0 Å². The van der Waals surface area contributed by atoms with Gasteiger partial charge >= 0.3 is 0 Å². The van der Waals surface area contributed by atoms with Crippen molar-refractivity contribution in [2.45, 2.75) is 18.7 Å². The second-order valence-electron chi connectivity index (χ2n) is 7.91. The van der Waals surface area contributed by atoms with Gasteiger partial charge in [-0.25, -0.2) is 5.01 Å². The van der Waals surface area contributed by atoms with Crippen LogP contribution in [-0.4, -0.2) is 10.7 Å². The van der Waals surface area contributed by atoms with E-state index in [-0.39, 0.29) is 12.3 Å². The van der Waals surface area contributed by atoms with E-state index in [2.05, 4.69) is 47.5 Å². The number of rotatable bonds is 2. The van der Waals surface area contributed by atoms with Crippen molar-refractivity contribution in [1.29, 1.82) is 0 Å². The van der Waals surface area contributed by atoms with Gasteiger partial charge in [0.1, 0.15) is 5.75 Å². The second kappa shape index (κ2) is 7.30. The summed E-state index contributed by atoms with van der Waals surface area (Å²) < 4.78 is 6.40. The lowest BCUT2D eigenvalue weighted by Gasteiger charge is -2.38. The molecule has 0 fully saturated rings. The van der Waals surface area contributed by atoms with E-state index in [4.69, 9.17) is 33.0 Å². The van der Waals surface area contributed by atoms with Gasteiger partial charge in [0.2, 0.25) is 6.23 Å². The molecule has 152 valence electrons. The van der Waals surface area contributed by atoms with Gasteiger partial charge < -0.3 is 4.74 Å². The van der Waals surface area contributed by atoms with E-state index in [1.165, 1.54) is 10.8 Å². The molecule has 3 nitrogen and oxygen atoms in total. The quantitative estimate of drug-likeness (QED) is 0.321. The molecule has 31 heavy (non-hydrogen) atoms. The normalized spacial score (nSPS) is 19.5. The summed E-state index contributed by atoms with van der Waals surface area (Å²) in [5.41, 5.74) is 4.26. The fraction of sp³-hybridized carbons (Fsp3) is 0.115. The van der Waals surface area contributed by atoms with Crippen molar-refractivity contribution in [1.82, 2.24) is 5.01 Å². The Kier molecular flexibility index (Phi) is 4.41. The first kappa shape index (κ1) is 18.7. The molecule has 0 aromatic heterocycles. The van der Waals surface area contributed by atoms with Gasteiger partial charge in [0.25, 0.3) is 0 Å². The highest BCUT2D eigenvalue weighted by molar-refractivity contribution is 6.31. The number of nitrogens with zero attached hydrogens (tertiary/aromatic N) is 2. The Morgan fingerprint density at radius 3 is 2.42 bits per heavy atom. The van der Waals surface area contributed by atoms with Crippen molar-refractivity contribution in [2.24, 2.45) is 5.10 Å². The zero-order valence-electron chi connectivity index (χ0n) is 16.5. The Balaban J connectivity index is 1.45. The van der Waals surface area contributed by atoms with E-state index in [0.29, 0.717) is 10.0 Å². The number of hydrogen-bond donors (Lipinski definition) is 0. The van der Waals surface area contributed by atoms with Gasteiger partial charge in [0.05, 0.1) is 11.8 Å². The summed E-state index contributed by atoms with van der Waals surface area (Å²) in [4.78, 5) is 0. The maximum Gasteiger partial charge on any atom is 0.213 e. The van der Waals surface area contributed by atoms with E-state index in [0.717, 1.165) is 34.6 Å². The van der Waals surface area contributed by atoms with Crippen LogP contribution in [0.2, 0.25) is 10.0 Å². The average Bonchev–Trinajstić information content (AvgIpc) is 3.25. The van der Waals surface area contributed by atoms with Crippen LogP contribution >= 0.6 is 23.2 Å². The Labute approximate surface area is 190 Å². The molecule has 2 aliphatic heterocycles. The zero-order chi connectivity index (χ0) is 20.9. The van der Waals surface area contributed by atoms with Gasteiger partial charge in [0, 0.05) is 27.6 Å². The maximum atomic E-state index is 6.40. The van der Waals surface area contributed by atoms with Crippen molar-refractivity contribution >= 4 is 39.7 Å². The average molecular weight is 445 g/mol. The van der Waals surface area contributed by atoms with Crippen molar-refractivity contribution in [3.63, 3.8) is 0 Å². The van der Waals surface area contributed by atoms with E-state index in [1.54, 1.807) is 0 Å². The molecule has 0 spiro atoms. The molecule has 2 atom stereocenters. The summed E-state index contributed by atoms with van der Waals surface area (Å²) >= 11 is 12.4. The van der Waals surface area contributed by atoms with Crippen LogP contribution in [0.15, 0.2) is 90.0 Å². The molecule has 6 rings (SSSR count). The van der Waals surface area contributed by atoms with Crippen LogP contribution in [0.4, 0.5) is 0 Å². The summed E-state index contributed by atoms with van der Waals surface area (Å²) in [5.74, 6) is 0.848. The number of hydrogen-bond acceptors (Lipinski definition) is 3. The summed E-state index contributed by atoms with van der Waals surface area (Å²) in [7, 11) is 0. The maximum absolute atomic E-state index is 6.40. The van der Waals surface area contributed by atoms with Gasteiger partial charge in [-0.1, -0.05) is 71.7 Å². The number of fused-ring (bicyclic) bond motifs is 4. The summed E-state index contributed by atoms with van der Waals surface area (Å²) in [6.07, 6.45) is 0.466.